The topological polar surface area (TPSA) is 46.3 Å². The summed E-state index contributed by atoms with van der Waals surface area (Å²) in [7, 11) is 0. The van der Waals surface area contributed by atoms with Crippen molar-refractivity contribution in [2.75, 3.05) is 0 Å². The Labute approximate surface area is 89.5 Å². The minimum absolute atomic E-state index is 0.518. The van der Waals surface area contributed by atoms with Gasteiger partial charge in [-0.2, -0.15) is 0 Å². The van der Waals surface area contributed by atoms with Gasteiger partial charge in [0.15, 0.2) is 0 Å². The van der Waals surface area contributed by atoms with Gasteiger partial charge < -0.3 is 9.52 Å². The molecule has 2 aromatic rings. The van der Waals surface area contributed by atoms with Crippen LogP contribution >= 0.6 is 15.9 Å². The first-order valence-electron chi connectivity index (χ1n) is 4.09. The molecule has 0 aliphatic carbocycles. The highest BCUT2D eigenvalue weighted by molar-refractivity contribution is 9.10. The van der Waals surface area contributed by atoms with Gasteiger partial charge in [0.05, 0.1) is 6.26 Å². The fourth-order valence-corrected chi connectivity index (χ4v) is 1.57. The summed E-state index contributed by atoms with van der Waals surface area (Å²) in [5, 5.41) is 9.85. The Morgan fingerprint density at radius 2 is 2.29 bits per heavy atom. The summed E-state index contributed by atoms with van der Waals surface area (Å²) < 4.78 is 5.93. The molecule has 0 saturated heterocycles. The van der Waals surface area contributed by atoms with E-state index < -0.39 is 6.10 Å². The van der Waals surface area contributed by atoms with Crippen LogP contribution in [0.3, 0.4) is 0 Å². The van der Waals surface area contributed by atoms with E-state index in [4.69, 9.17) is 4.42 Å². The Morgan fingerprint density at radius 1 is 1.43 bits per heavy atom. The molecule has 1 unspecified atom stereocenters. The number of nitrogens with zero attached hydrogens (tertiary/aromatic N) is 1. The van der Waals surface area contributed by atoms with E-state index in [-0.39, 0.29) is 0 Å². The number of halogens is 1. The number of aliphatic hydroxyl groups is 1. The molecule has 72 valence electrons. The van der Waals surface area contributed by atoms with Gasteiger partial charge in [-0.3, -0.25) is 4.98 Å². The van der Waals surface area contributed by atoms with Gasteiger partial charge in [0.25, 0.3) is 0 Å². The molecule has 4 heteroatoms. The first-order chi connectivity index (χ1) is 6.77. The van der Waals surface area contributed by atoms with Gasteiger partial charge in [0, 0.05) is 22.4 Å². The summed E-state index contributed by atoms with van der Waals surface area (Å²) >= 11 is 3.29. The fraction of sp³-hybridized carbons (Fsp3) is 0.100. The van der Waals surface area contributed by atoms with Crippen molar-refractivity contribution in [3.05, 3.63) is 52.7 Å². The van der Waals surface area contributed by atoms with E-state index in [1.165, 1.54) is 6.26 Å². The molecule has 0 fully saturated rings. The van der Waals surface area contributed by atoms with Crippen LogP contribution in [0.25, 0.3) is 0 Å². The Balaban J connectivity index is 2.32. The minimum Gasteiger partial charge on any atom is -0.466 e. The van der Waals surface area contributed by atoms with Gasteiger partial charge in [0.1, 0.15) is 11.9 Å². The van der Waals surface area contributed by atoms with Crippen LogP contribution in [0.5, 0.6) is 0 Å². The maximum Gasteiger partial charge on any atom is 0.138 e. The lowest BCUT2D eigenvalue weighted by molar-refractivity contribution is 0.189. The largest absolute Gasteiger partial charge is 0.466 e. The number of aromatic nitrogens is 1. The number of pyridine rings is 1. The van der Waals surface area contributed by atoms with Gasteiger partial charge >= 0.3 is 0 Å². The molecule has 1 N–H and O–H groups in total. The van der Waals surface area contributed by atoms with Crippen molar-refractivity contribution in [1.82, 2.24) is 4.98 Å². The molecule has 0 aromatic carbocycles. The van der Waals surface area contributed by atoms with E-state index in [2.05, 4.69) is 20.9 Å². The molecule has 0 saturated carbocycles. The van der Waals surface area contributed by atoms with Crippen molar-refractivity contribution in [3.63, 3.8) is 0 Å². The quantitative estimate of drug-likeness (QED) is 0.895. The van der Waals surface area contributed by atoms with Gasteiger partial charge in [-0.05, 0) is 34.1 Å². The Bertz CT molecular complexity index is 414. The molecular formula is C10H8BrNO2. The van der Waals surface area contributed by atoms with Crippen molar-refractivity contribution < 1.29 is 9.52 Å². The predicted octanol–water partition coefficient (Wildman–Crippen LogP) is 2.52. The van der Waals surface area contributed by atoms with E-state index in [0.29, 0.717) is 11.3 Å². The summed E-state index contributed by atoms with van der Waals surface area (Å²) in [6.45, 7) is 0. The van der Waals surface area contributed by atoms with Crippen molar-refractivity contribution >= 4 is 15.9 Å². The molecule has 1 atom stereocenters. The first kappa shape index (κ1) is 9.43. The monoisotopic (exact) mass is 253 g/mol. The first-order valence-corrected chi connectivity index (χ1v) is 4.88. The van der Waals surface area contributed by atoms with E-state index >= 15 is 0 Å². The number of furan rings is 1. The molecule has 3 nitrogen and oxygen atoms in total. The van der Waals surface area contributed by atoms with Crippen LogP contribution in [0.15, 0.2) is 45.7 Å². The van der Waals surface area contributed by atoms with Gasteiger partial charge in [0.2, 0.25) is 0 Å². The van der Waals surface area contributed by atoms with Crippen LogP contribution in [-0.2, 0) is 0 Å². The molecular weight excluding hydrogens is 246 g/mol. The summed E-state index contributed by atoms with van der Waals surface area (Å²) in [6.07, 6.45) is 4.05. The second-order valence-corrected chi connectivity index (χ2v) is 3.77. The second kappa shape index (κ2) is 3.94. The zero-order valence-electron chi connectivity index (χ0n) is 7.22. The highest BCUT2D eigenvalue weighted by Crippen LogP contribution is 2.23. The molecule has 2 heterocycles. The van der Waals surface area contributed by atoms with Crippen molar-refractivity contribution in [1.29, 1.82) is 0 Å². The predicted molar refractivity (Wildman–Crippen MR) is 54.7 cm³/mol. The molecule has 2 aromatic heterocycles. The zero-order valence-corrected chi connectivity index (χ0v) is 8.81. The lowest BCUT2D eigenvalue weighted by atomic mass is 10.1. The van der Waals surface area contributed by atoms with E-state index in [9.17, 15) is 5.11 Å². The Morgan fingerprint density at radius 3 is 2.93 bits per heavy atom. The lowest BCUT2D eigenvalue weighted by Crippen LogP contribution is -1.98. The molecule has 14 heavy (non-hydrogen) atoms. The van der Waals surface area contributed by atoms with E-state index in [0.717, 1.165) is 4.47 Å². The van der Waals surface area contributed by atoms with Crippen LogP contribution in [0, 0.1) is 0 Å². The molecule has 0 aliphatic rings. The summed E-state index contributed by atoms with van der Waals surface area (Å²) in [4.78, 5) is 3.97. The summed E-state index contributed by atoms with van der Waals surface area (Å²) in [6, 6.07) is 5.27. The lowest BCUT2D eigenvalue weighted by Gasteiger charge is -2.07. The van der Waals surface area contributed by atoms with Crippen molar-refractivity contribution in [3.8, 4) is 0 Å². The highest BCUT2D eigenvalue weighted by atomic mass is 79.9. The number of hydrogen-bond acceptors (Lipinski definition) is 3. The van der Waals surface area contributed by atoms with Crippen molar-refractivity contribution in [2.24, 2.45) is 0 Å². The summed E-state index contributed by atoms with van der Waals surface area (Å²) in [5.41, 5.74) is 0.703. The zero-order chi connectivity index (χ0) is 9.97. The molecule has 2 rings (SSSR count). The fourth-order valence-electron chi connectivity index (χ4n) is 1.19. The number of rotatable bonds is 2. The van der Waals surface area contributed by atoms with Crippen LogP contribution in [-0.4, -0.2) is 10.1 Å². The van der Waals surface area contributed by atoms with Gasteiger partial charge in [-0.15, -0.1) is 0 Å². The molecule has 0 amide bonds. The third-order valence-electron chi connectivity index (χ3n) is 1.85. The smallest absolute Gasteiger partial charge is 0.138 e. The average molecular weight is 254 g/mol. The molecule has 0 bridgehead atoms. The maximum atomic E-state index is 9.85. The summed E-state index contributed by atoms with van der Waals surface area (Å²) in [5.74, 6) is 0.518. The van der Waals surface area contributed by atoms with E-state index in [1.807, 2.05) is 0 Å². The number of aliphatic hydroxyl groups excluding tert-OH is 1. The van der Waals surface area contributed by atoms with Crippen LogP contribution in [0.2, 0.25) is 0 Å². The Hall–Kier alpha value is -1.13. The molecule has 0 radical (unpaired) electrons. The van der Waals surface area contributed by atoms with Gasteiger partial charge in [-0.1, -0.05) is 0 Å². The molecule has 0 aliphatic heterocycles. The maximum absolute atomic E-state index is 9.85. The van der Waals surface area contributed by atoms with Crippen LogP contribution < -0.4 is 0 Å². The standard InChI is InChI=1S/C10H8BrNO2/c11-8-4-7(5-12-6-8)10(13)9-2-1-3-14-9/h1-6,10,13H. The third-order valence-corrected chi connectivity index (χ3v) is 2.29. The van der Waals surface area contributed by atoms with Crippen LogP contribution in [0.1, 0.15) is 17.4 Å². The van der Waals surface area contributed by atoms with Crippen LogP contribution in [0.4, 0.5) is 0 Å². The highest BCUT2D eigenvalue weighted by Gasteiger charge is 2.13. The minimum atomic E-state index is -0.755. The normalized spacial score (nSPS) is 12.7. The SMILES string of the molecule is OC(c1cncc(Br)c1)c1ccco1. The van der Waals surface area contributed by atoms with Crippen molar-refractivity contribution in [2.45, 2.75) is 6.10 Å². The van der Waals surface area contributed by atoms with Gasteiger partial charge in [-0.25, -0.2) is 0 Å². The number of hydrogen-bond donors (Lipinski definition) is 1. The second-order valence-electron chi connectivity index (χ2n) is 2.85. The third kappa shape index (κ3) is 1.86. The van der Waals surface area contributed by atoms with E-state index in [1.54, 1.807) is 30.6 Å². The average Bonchev–Trinajstić information content (AvgIpc) is 2.69. The molecule has 0 spiro atoms. The Kier molecular flexibility index (Phi) is 2.65.